The number of carbonyl (C=O) groups excluding carboxylic acids is 1. The van der Waals surface area contributed by atoms with Crippen LogP contribution in [0.15, 0.2) is 29.4 Å². The maximum atomic E-state index is 12.1. The van der Waals surface area contributed by atoms with E-state index in [1.807, 2.05) is 0 Å². The standard InChI is InChI=1S/C12H17N3O5S/c1-3-10(12(17)18)14-11(16)8-15(2)21(19,20)9-5-4-6-13-7-9/h4-7,10H,3,8H2,1-2H3,(H,14,16)(H,17,18). The average Bonchev–Trinajstić information content (AvgIpc) is 2.45. The third-order valence-electron chi connectivity index (χ3n) is 2.75. The van der Waals surface area contributed by atoms with Crippen LogP contribution < -0.4 is 5.32 Å². The number of pyridine rings is 1. The SMILES string of the molecule is CCC(NC(=O)CN(C)S(=O)(=O)c1cccnc1)C(=O)O. The fraction of sp³-hybridized carbons (Fsp3) is 0.417. The van der Waals surface area contributed by atoms with Gasteiger partial charge in [-0.05, 0) is 18.6 Å². The first-order valence-electron chi connectivity index (χ1n) is 6.17. The lowest BCUT2D eigenvalue weighted by Crippen LogP contribution is -2.45. The van der Waals surface area contributed by atoms with Crippen molar-refractivity contribution in [2.75, 3.05) is 13.6 Å². The van der Waals surface area contributed by atoms with Crippen LogP contribution in [0.4, 0.5) is 0 Å². The number of nitrogens with one attached hydrogen (secondary N) is 1. The normalized spacial score (nSPS) is 12.9. The van der Waals surface area contributed by atoms with E-state index in [0.717, 1.165) is 4.31 Å². The first-order valence-corrected chi connectivity index (χ1v) is 7.61. The molecule has 1 aromatic rings. The number of carbonyl (C=O) groups is 2. The number of carboxylic acids is 1. The zero-order valence-corrected chi connectivity index (χ0v) is 12.5. The number of rotatable bonds is 7. The van der Waals surface area contributed by atoms with Gasteiger partial charge in [-0.3, -0.25) is 9.78 Å². The summed E-state index contributed by atoms with van der Waals surface area (Å²) in [4.78, 5) is 26.2. The van der Waals surface area contributed by atoms with Gasteiger partial charge in [0.15, 0.2) is 0 Å². The largest absolute Gasteiger partial charge is 0.480 e. The third kappa shape index (κ3) is 4.50. The average molecular weight is 315 g/mol. The van der Waals surface area contributed by atoms with Crippen LogP contribution in [0.25, 0.3) is 0 Å². The van der Waals surface area contributed by atoms with Crippen molar-refractivity contribution in [3.63, 3.8) is 0 Å². The number of nitrogens with zero attached hydrogens (tertiary/aromatic N) is 2. The van der Waals surface area contributed by atoms with Gasteiger partial charge in [0.2, 0.25) is 15.9 Å². The summed E-state index contributed by atoms with van der Waals surface area (Å²) in [5.74, 6) is -1.84. The van der Waals surface area contributed by atoms with Crippen molar-refractivity contribution in [1.29, 1.82) is 0 Å². The fourth-order valence-corrected chi connectivity index (χ4v) is 2.64. The topological polar surface area (TPSA) is 117 Å². The Kier molecular flexibility index (Phi) is 5.79. The van der Waals surface area contributed by atoms with E-state index in [1.165, 1.54) is 31.6 Å². The Morgan fingerprint density at radius 1 is 1.48 bits per heavy atom. The molecule has 0 saturated heterocycles. The summed E-state index contributed by atoms with van der Waals surface area (Å²) in [6.07, 6.45) is 2.82. The molecule has 0 fully saturated rings. The molecule has 0 aromatic carbocycles. The first kappa shape index (κ1) is 17.1. The number of amides is 1. The molecule has 8 nitrogen and oxygen atoms in total. The highest BCUT2D eigenvalue weighted by Crippen LogP contribution is 2.11. The van der Waals surface area contributed by atoms with Crippen LogP contribution in [0.2, 0.25) is 0 Å². The Bertz CT molecular complexity index is 603. The second-order valence-corrected chi connectivity index (χ2v) is 6.36. The lowest BCUT2D eigenvalue weighted by Gasteiger charge is -2.18. The van der Waals surface area contributed by atoms with Crippen molar-refractivity contribution < 1.29 is 23.1 Å². The maximum Gasteiger partial charge on any atom is 0.326 e. The molecule has 1 amide bonds. The van der Waals surface area contributed by atoms with Crippen LogP contribution in [-0.2, 0) is 19.6 Å². The van der Waals surface area contributed by atoms with E-state index < -0.39 is 34.5 Å². The minimum absolute atomic E-state index is 0.0365. The Labute approximate surface area is 122 Å². The second kappa shape index (κ2) is 7.14. The summed E-state index contributed by atoms with van der Waals surface area (Å²) in [5, 5.41) is 11.1. The molecule has 0 radical (unpaired) electrons. The van der Waals surface area contributed by atoms with Gasteiger partial charge in [-0.1, -0.05) is 6.92 Å². The number of sulfonamides is 1. The summed E-state index contributed by atoms with van der Waals surface area (Å²) in [7, 11) is -2.59. The first-order chi connectivity index (χ1) is 9.78. The molecule has 1 heterocycles. The molecule has 0 saturated carbocycles. The van der Waals surface area contributed by atoms with Crippen molar-refractivity contribution in [3.8, 4) is 0 Å². The quantitative estimate of drug-likeness (QED) is 0.712. The highest BCUT2D eigenvalue weighted by molar-refractivity contribution is 7.89. The molecule has 0 bridgehead atoms. The molecule has 0 aliphatic carbocycles. The third-order valence-corrected chi connectivity index (χ3v) is 4.54. The molecule has 1 aromatic heterocycles. The maximum absolute atomic E-state index is 12.1. The van der Waals surface area contributed by atoms with Gasteiger partial charge >= 0.3 is 5.97 Å². The van der Waals surface area contributed by atoms with Gasteiger partial charge in [-0.2, -0.15) is 4.31 Å². The van der Waals surface area contributed by atoms with Crippen molar-refractivity contribution in [1.82, 2.24) is 14.6 Å². The fourth-order valence-electron chi connectivity index (χ4n) is 1.55. The van der Waals surface area contributed by atoms with Gasteiger partial charge in [0.05, 0.1) is 6.54 Å². The molecule has 0 aliphatic heterocycles. The number of hydrogen-bond donors (Lipinski definition) is 2. The molecule has 116 valence electrons. The highest BCUT2D eigenvalue weighted by Gasteiger charge is 2.25. The summed E-state index contributed by atoms with van der Waals surface area (Å²) in [6.45, 7) is 1.14. The Morgan fingerprint density at radius 2 is 2.14 bits per heavy atom. The Morgan fingerprint density at radius 3 is 2.62 bits per heavy atom. The van der Waals surface area contributed by atoms with Gasteiger partial charge in [0.1, 0.15) is 10.9 Å². The summed E-state index contributed by atoms with van der Waals surface area (Å²) >= 11 is 0. The van der Waals surface area contributed by atoms with E-state index in [2.05, 4.69) is 10.3 Å². The zero-order valence-electron chi connectivity index (χ0n) is 11.7. The van der Waals surface area contributed by atoms with E-state index in [1.54, 1.807) is 6.92 Å². The van der Waals surface area contributed by atoms with Crippen molar-refractivity contribution in [2.45, 2.75) is 24.3 Å². The molecule has 9 heteroatoms. The van der Waals surface area contributed by atoms with Crippen LogP contribution in [0.3, 0.4) is 0 Å². The number of aromatic nitrogens is 1. The lowest BCUT2D eigenvalue weighted by molar-refractivity contribution is -0.141. The zero-order chi connectivity index (χ0) is 16.0. The Hall–Kier alpha value is -2.00. The Balaban J connectivity index is 2.75. The summed E-state index contributed by atoms with van der Waals surface area (Å²) < 4.78 is 25.1. The van der Waals surface area contributed by atoms with Gasteiger partial charge in [-0.25, -0.2) is 13.2 Å². The van der Waals surface area contributed by atoms with Crippen LogP contribution in [0.1, 0.15) is 13.3 Å². The minimum atomic E-state index is -3.83. The molecular formula is C12H17N3O5S. The van der Waals surface area contributed by atoms with Crippen LogP contribution >= 0.6 is 0 Å². The van der Waals surface area contributed by atoms with Crippen molar-refractivity contribution in [2.24, 2.45) is 0 Å². The molecule has 0 spiro atoms. The smallest absolute Gasteiger partial charge is 0.326 e. The van der Waals surface area contributed by atoms with Crippen LogP contribution in [-0.4, -0.2) is 54.3 Å². The highest BCUT2D eigenvalue weighted by atomic mass is 32.2. The number of hydrogen-bond acceptors (Lipinski definition) is 5. The van der Waals surface area contributed by atoms with E-state index in [0.29, 0.717) is 0 Å². The predicted octanol–water partition coefficient (Wildman–Crippen LogP) is -0.318. The molecular weight excluding hydrogens is 298 g/mol. The molecule has 1 unspecified atom stereocenters. The van der Waals surface area contributed by atoms with Crippen molar-refractivity contribution >= 4 is 21.9 Å². The van der Waals surface area contributed by atoms with E-state index in [4.69, 9.17) is 5.11 Å². The van der Waals surface area contributed by atoms with Gasteiger partial charge in [0, 0.05) is 19.4 Å². The molecule has 0 aliphatic rings. The predicted molar refractivity (Wildman–Crippen MR) is 73.9 cm³/mol. The molecule has 21 heavy (non-hydrogen) atoms. The van der Waals surface area contributed by atoms with Gasteiger partial charge in [-0.15, -0.1) is 0 Å². The lowest BCUT2D eigenvalue weighted by atomic mass is 10.2. The number of aliphatic carboxylic acids is 1. The molecule has 1 rings (SSSR count). The van der Waals surface area contributed by atoms with Gasteiger partial charge < -0.3 is 10.4 Å². The van der Waals surface area contributed by atoms with Crippen LogP contribution in [0, 0.1) is 0 Å². The minimum Gasteiger partial charge on any atom is -0.480 e. The van der Waals surface area contributed by atoms with Gasteiger partial charge in [0.25, 0.3) is 0 Å². The monoisotopic (exact) mass is 315 g/mol. The van der Waals surface area contributed by atoms with Crippen molar-refractivity contribution in [3.05, 3.63) is 24.5 Å². The molecule has 1 atom stereocenters. The van der Waals surface area contributed by atoms with E-state index >= 15 is 0 Å². The summed E-state index contributed by atoms with van der Waals surface area (Å²) in [6, 6.07) is 1.80. The number of likely N-dealkylation sites (N-methyl/N-ethyl adjacent to an activating group) is 1. The summed E-state index contributed by atoms with van der Waals surface area (Å²) in [5.41, 5.74) is 0. The molecule has 2 N–H and O–H groups in total. The van der Waals surface area contributed by atoms with E-state index in [-0.39, 0.29) is 11.3 Å². The van der Waals surface area contributed by atoms with E-state index in [9.17, 15) is 18.0 Å². The van der Waals surface area contributed by atoms with Crippen LogP contribution in [0.5, 0.6) is 0 Å². The second-order valence-electron chi connectivity index (χ2n) is 4.32. The number of carboxylic acid groups (broad SMARTS) is 1.